The fraction of sp³-hybridized carbons (Fsp3) is 0.455. The third-order valence-corrected chi connectivity index (χ3v) is 5.61. The molecule has 1 aliphatic heterocycles. The van der Waals surface area contributed by atoms with Gasteiger partial charge >= 0.3 is 0 Å². The first-order valence-corrected chi connectivity index (χ1v) is 9.59. The predicted molar refractivity (Wildman–Crippen MR) is 99.1 cm³/mol. The molecule has 2 aromatic carbocycles. The average Bonchev–Trinajstić information content (AvgIpc) is 3.18. The monoisotopic (exact) mass is 355 g/mol. The van der Waals surface area contributed by atoms with Crippen molar-refractivity contribution < 1.29 is 14.2 Å². The van der Waals surface area contributed by atoms with Crippen LogP contribution in [0.1, 0.15) is 49.3 Å². The summed E-state index contributed by atoms with van der Waals surface area (Å²) in [5.74, 6) is -0.242. The van der Waals surface area contributed by atoms with Gasteiger partial charge in [-0.1, -0.05) is 43.3 Å². The fourth-order valence-corrected chi connectivity index (χ4v) is 4.47. The topological polar surface area (TPSA) is 32.7 Å². The molecule has 1 aliphatic carbocycles. The first-order valence-electron chi connectivity index (χ1n) is 9.59. The Morgan fingerprint density at radius 2 is 1.92 bits per heavy atom. The molecule has 1 fully saturated rings. The number of nitrogens with zero attached hydrogens (tertiary/aromatic N) is 1. The molecule has 4 heteroatoms. The van der Waals surface area contributed by atoms with Crippen LogP contribution in [0.25, 0.3) is 0 Å². The van der Waals surface area contributed by atoms with E-state index in [0.717, 1.165) is 43.5 Å². The van der Waals surface area contributed by atoms with Gasteiger partial charge in [-0.3, -0.25) is 4.90 Å². The van der Waals surface area contributed by atoms with Crippen molar-refractivity contribution in [2.45, 2.75) is 57.1 Å². The van der Waals surface area contributed by atoms with E-state index in [1.165, 1.54) is 17.7 Å². The van der Waals surface area contributed by atoms with Crippen molar-refractivity contribution >= 4 is 0 Å². The molecule has 1 heterocycles. The molecule has 0 radical (unpaired) electrons. The highest BCUT2D eigenvalue weighted by atomic mass is 19.1. The average molecular weight is 355 g/mol. The molecule has 0 aromatic heterocycles. The van der Waals surface area contributed by atoms with Gasteiger partial charge in [0.2, 0.25) is 0 Å². The maximum Gasteiger partial charge on any atom is 0.174 e. The Kier molecular flexibility index (Phi) is 4.82. The van der Waals surface area contributed by atoms with Crippen LogP contribution >= 0.6 is 0 Å². The SMILES string of the molecule is CCCN1Cc2ccccc2C1(OC1CCC(O)C1)c1ccc(F)cc1. The quantitative estimate of drug-likeness (QED) is 0.873. The number of halogens is 1. The van der Waals surface area contributed by atoms with Crippen molar-refractivity contribution in [3.63, 3.8) is 0 Å². The Labute approximate surface area is 154 Å². The molecule has 1 saturated carbocycles. The number of hydrogen-bond donors (Lipinski definition) is 1. The molecule has 2 aromatic rings. The zero-order valence-electron chi connectivity index (χ0n) is 15.2. The summed E-state index contributed by atoms with van der Waals surface area (Å²) in [6, 6.07) is 15.1. The first-order chi connectivity index (χ1) is 12.6. The van der Waals surface area contributed by atoms with Crippen LogP contribution in [-0.4, -0.2) is 28.8 Å². The molecule has 0 bridgehead atoms. The number of hydrogen-bond acceptors (Lipinski definition) is 3. The normalized spacial score (nSPS) is 28.4. The van der Waals surface area contributed by atoms with Crippen molar-refractivity contribution in [1.82, 2.24) is 4.90 Å². The summed E-state index contributed by atoms with van der Waals surface area (Å²) < 4.78 is 20.4. The van der Waals surface area contributed by atoms with E-state index in [9.17, 15) is 9.50 Å². The van der Waals surface area contributed by atoms with Crippen molar-refractivity contribution in [3.8, 4) is 0 Å². The standard InChI is InChI=1S/C22H26FNO2/c1-2-13-24-15-16-5-3-4-6-21(16)22(24,17-7-9-18(23)10-8-17)26-20-12-11-19(25)14-20/h3-10,19-20,25H,2,11-15H2,1H3. The predicted octanol–water partition coefficient (Wildman–Crippen LogP) is 4.18. The van der Waals surface area contributed by atoms with Gasteiger partial charge in [-0.05, 0) is 43.4 Å². The van der Waals surface area contributed by atoms with Crippen molar-refractivity contribution in [2.75, 3.05) is 6.54 Å². The van der Waals surface area contributed by atoms with E-state index in [4.69, 9.17) is 4.74 Å². The van der Waals surface area contributed by atoms with Gasteiger partial charge in [0.15, 0.2) is 5.72 Å². The van der Waals surface area contributed by atoms with Crippen molar-refractivity contribution in [3.05, 3.63) is 71.0 Å². The van der Waals surface area contributed by atoms with E-state index < -0.39 is 5.72 Å². The highest BCUT2D eigenvalue weighted by Gasteiger charge is 2.49. The summed E-state index contributed by atoms with van der Waals surface area (Å²) in [6.07, 6.45) is 3.01. The minimum atomic E-state index is -0.713. The lowest BCUT2D eigenvalue weighted by Crippen LogP contribution is -2.46. The maximum absolute atomic E-state index is 13.6. The largest absolute Gasteiger partial charge is 0.393 e. The zero-order chi connectivity index (χ0) is 18.1. The molecule has 3 atom stereocenters. The molecule has 3 unspecified atom stereocenters. The Bertz CT molecular complexity index is 763. The van der Waals surface area contributed by atoms with E-state index in [0.29, 0.717) is 6.42 Å². The summed E-state index contributed by atoms with van der Waals surface area (Å²) in [5, 5.41) is 9.99. The van der Waals surface area contributed by atoms with Crippen molar-refractivity contribution in [2.24, 2.45) is 0 Å². The molecule has 26 heavy (non-hydrogen) atoms. The van der Waals surface area contributed by atoms with Gasteiger partial charge < -0.3 is 9.84 Å². The van der Waals surface area contributed by atoms with E-state index in [1.807, 2.05) is 18.2 Å². The molecular formula is C22H26FNO2. The number of ether oxygens (including phenoxy) is 1. The molecule has 0 spiro atoms. The molecular weight excluding hydrogens is 329 g/mol. The molecule has 4 rings (SSSR count). The van der Waals surface area contributed by atoms with Gasteiger partial charge in [-0.15, -0.1) is 0 Å². The highest BCUT2D eigenvalue weighted by molar-refractivity contribution is 5.44. The lowest BCUT2D eigenvalue weighted by atomic mass is 9.93. The second kappa shape index (κ2) is 7.10. The Morgan fingerprint density at radius 1 is 1.15 bits per heavy atom. The van der Waals surface area contributed by atoms with Gasteiger partial charge in [0.1, 0.15) is 5.82 Å². The molecule has 2 aliphatic rings. The minimum Gasteiger partial charge on any atom is -0.393 e. The second-order valence-corrected chi connectivity index (χ2v) is 7.44. The number of benzene rings is 2. The van der Waals surface area contributed by atoms with Crippen LogP contribution in [0.5, 0.6) is 0 Å². The lowest BCUT2D eigenvalue weighted by Gasteiger charge is -2.41. The summed E-state index contributed by atoms with van der Waals surface area (Å²) in [6.45, 7) is 3.87. The van der Waals surface area contributed by atoms with Gasteiger partial charge in [0, 0.05) is 24.2 Å². The van der Waals surface area contributed by atoms with Crippen LogP contribution < -0.4 is 0 Å². The van der Waals surface area contributed by atoms with Gasteiger partial charge in [0.25, 0.3) is 0 Å². The van der Waals surface area contributed by atoms with Crippen molar-refractivity contribution in [1.29, 1.82) is 0 Å². The summed E-state index contributed by atoms with van der Waals surface area (Å²) in [4.78, 5) is 2.36. The Morgan fingerprint density at radius 3 is 2.62 bits per heavy atom. The fourth-order valence-electron chi connectivity index (χ4n) is 4.47. The number of rotatable bonds is 5. The Hall–Kier alpha value is -1.75. The van der Waals surface area contributed by atoms with E-state index >= 15 is 0 Å². The van der Waals surface area contributed by atoms with E-state index in [-0.39, 0.29) is 18.0 Å². The minimum absolute atomic E-state index is 0.000523. The maximum atomic E-state index is 13.6. The smallest absolute Gasteiger partial charge is 0.174 e. The molecule has 0 saturated heterocycles. The highest BCUT2D eigenvalue weighted by Crippen LogP contribution is 2.47. The van der Waals surface area contributed by atoms with Crippen LogP contribution in [0.4, 0.5) is 4.39 Å². The summed E-state index contributed by atoms with van der Waals surface area (Å²) >= 11 is 0. The number of aliphatic hydroxyl groups is 1. The van der Waals surface area contributed by atoms with Crippen LogP contribution in [-0.2, 0) is 17.0 Å². The lowest BCUT2D eigenvalue weighted by molar-refractivity contribution is -0.161. The van der Waals surface area contributed by atoms with E-state index in [1.54, 1.807) is 0 Å². The molecule has 138 valence electrons. The summed E-state index contributed by atoms with van der Waals surface area (Å²) in [5.41, 5.74) is 2.64. The number of aliphatic hydroxyl groups excluding tert-OH is 1. The van der Waals surface area contributed by atoms with Gasteiger partial charge in [0.05, 0.1) is 12.2 Å². The first kappa shape index (κ1) is 17.7. The zero-order valence-corrected chi connectivity index (χ0v) is 15.2. The second-order valence-electron chi connectivity index (χ2n) is 7.44. The summed E-state index contributed by atoms with van der Waals surface area (Å²) in [7, 11) is 0. The third kappa shape index (κ3) is 2.96. The Balaban J connectivity index is 1.84. The molecule has 3 nitrogen and oxygen atoms in total. The van der Waals surface area contributed by atoms with Crippen LogP contribution in [0.2, 0.25) is 0 Å². The molecule has 1 N–H and O–H groups in total. The van der Waals surface area contributed by atoms with Gasteiger partial charge in [-0.25, -0.2) is 4.39 Å². The molecule has 0 amide bonds. The van der Waals surface area contributed by atoms with Crippen LogP contribution in [0, 0.1) is 5.82 Å². The third-order valence-electron chi connectivity index (χ3n) is 5.61. The number of fused-ring (bicyclic) bond motifs is 1. The van der Waals surface area contributed by atoms with Crippen LogP contribution in [0.15, 0.2) is 48.5 Å². The van der Waals surface area contributed by atoms with Crippen LogP contribution in [0.3, 0.4) is 0 Å². The van der Waals surface area contributed by atoms with E-state index in [2.05, 4.69) is 30.0 Å². The van der Waals surface area contributed by atoms with Gasteiger partial charge in [-0.2, -0.15) is 0 Å².